The molecular formula is C10H13Cl2N3O. The Bertz CT molecular complexity index is 384. The minimum atomic E-state index is -0.234. The fourth-order valence-electron chi connectivity index (χ4n) is 1.13. The molecule has 0 fully saturated rings. The van der Waals surface area contributed by atoms with Crippen molar-refractivity contribution in [2.24, 2.45) is 0 Å². The van der Waals surface area contributed by atoms with E-state index in [2.05, 4.69) is 10.3 Å². The van der Waals surface area contributed by atoms with Crippen LogP contribution in [0.15, 0.2) is 12.1 Å². The molecule has 16 heavy (non-hydrogen) atoms. The number of likely N-dealkylation sites (N-methyl/N-ethyl adjacent to an activating group) is 2. The van der Waals surface area contributed by atoms with E-state index in [0.717, 1.165) is 0 Å². The van der Waals surface area contributed by atoms with Crippen molar-refractivity contribution in [2.75, 3.05) is 27.2 Å². The van der Waals surface area contributed by atoms with Crippen LogP contribution in [0, 0.1) is 0 Å². The first kappa shape index (κ1) is 13.2. The lowest BCUT2D eigenvalue weighted by Gasteiger charge is -2.16. The van der Waals surface area contributed by atoms with Gasteiger partial charge in [-0.2, -0.15) is 0 Å². The number of nitrogens with zero attached hydrogens (tertiary/aromatic N) is 2. The topological polar surface area (TPSA) is 45.2 Å². The molecule has 0 atom stereocenters. The first-order valence-electron chi connectivity index (χ1n) is 4.78. The SMILES string of the molecule is CNCCN(C)C(=O)c1nc(Cl)ccc1Cl. The molecule has 0 aliphatic heterocycles. The van der Waals surface area contributed by atoms with E-state index in [-0.39, 0.29) is 16.8 Å². The molecule has 1 N–H and O–H groups in total. The molecule has 88 valence electrons. The molecule has 0 bridgehead atoms. The predicted molar refractivity (Wildman–Crippen MR) is 65.1 cm³/mol. The number of pyridine rings is 1. The van der Waals surface area contributed by atoms with E-state index in [4.69, 9.17) is 23.2 Å². The molecule has 1 heterocycles. The molecule has 0 aromatic carbocycles. The Balaban J connectivity index is 2.83. The molecule has 1 rings (SSSR count). The van der Waals surface area contributed by atoms with Crippen molar-refractivity contribution in [3.8, 4) is 0 Å². The van der Waals surface area contributed by atoms with Gasteiger partial charge in [-0.25, -0.2) is 4.98 Å². The number of amides is 1. The molecule has 0 aliphatic rings. The van der Waals surface area contributed by atoms with Crippen molar-refractivity contribution in [3.63, 3.8) is 0 Å². The zero-order valence-electron chi connectivity index (χ0n) is 9.13. The molecule has 6 heteroatoms. The standard InChI is InChI=1S/C10H13Cl2N3O/c1-13-5-6-15(2)10(16)9-7(11)3-4-8(12)14-9/h3-4,13H,5-6H2,1-2H3. The second-order valence-electron chi connectivity index (χ2n) is 3.29. The summed E-state index contributed by atoms with van der Waals surface area (Å²) in [6, 6.07) is 3.12. The van der Waals surface area contributed by atoms with E-state index in [1.165, 1.54) is 0 Å². The first-order chi connectivity index (χ1) is 7.56. The van der Waals surface area contributed by atoms with Gasteiger partial charge in [0, 0.05) is 20.1 Å². The highest BCUT2D eigenvalue weighted by atomic mass is 35.5. The van der Waals surface area contributed by atoms with Crippen LogP contribution < -0.4 is 5.32 Å². The molecule has 0 aliphatic carbocycles. The fourth-order valence-corrected chi connectivity index (χ4v) is 1.46. The molecular weight excluding hydrogens is 249 g/mol. The Morgan fingerprint density at radius 1 is 1.50 bits per heavy atom. The summed E-state index contributed by atoms with van der Waals surface area (Å²) in [5.41, 5.74) is 0.188. The first-order valence-corrected chi connectivity index (χ1v) is 5.54. The second kappa shape index (κ2) is 6.03. The number of carbonyl (C=O) groups is 1. The van der Waals surface area contributed by atoms with Crippen LogP contribution in [-0.2, 0) is 0 Å². The molecule has 1 amide bonds. The number of nitrogens with one attached hydrogen (secondary N) is 1. The fraction of sp³-hybridized carbons (Fsp3) is 0.400. The Morgan fingerprint density at radius 3 is 2.81 bits per heavy atom. The van der Waals surface area contributed by atoms with E-state index < -0.39 is 0 Å². The van der Waals surface area contributed by atoms with E-state index in [1.807, 2.05) is 7.05 Å². The third-order valence-corrected chi connectivity index (χ3v) is 2.57. The van der Waals surface area contributed by atoms with Crippen LogP contribution in [0.5, 0.6) is 0 Å². The molecule has 0 saturated carbocycles. The predicted octanol–water partition coefficient (Wildman–Crippen LogP) is 1.68. The van der Waals surface area contributed by atoms with Gasteiger partial charge in [-0.1, -0.05) is 23.2 Å². The summed E-state index contributed by atoms with van der Waals surface area (Å²) >= 11 is 11.6. The summed E-state index contributed by atoms with van der Waals surface area (Å²) < 4.78 is 0. The zero-order valence-corrected chi connectivity index (χ0v) is 10.6. The van der Waals surface area contributed by atoms with E-state index >= 15 is 0 Å². The van der Waals surface area contributed by atoms with Gasteiger partial charge in [-0.15, -0.1) is 0 Å². The van der Waals surface area contributed by atoms with Gasteiger partial charge in [0.2, 0.25) is 0 Å². The van der Waals surface area contributed by atoms with Gasteiger partial charge >= 0.3 is 0 Å². The Labute approximate surface area is 105 Å². The molecule has 4 nitrogen and oxygen atoms in total. The minimum absolute atomic E-state index is 0.188. The summed E-state index contributed by atoms with van der Waals surface area (Å²) in [5, 5.41) is 3.53. The highest BCUT2D eigenvalue weighted by Crippen LogP contribution is 2.17. The average molecular weight is 262 g/mol. The van der Waals surface area contributed by atoms with Crippen molar-refractivity contribution >= 4 is 29.1 Å². The number of hydrogen-bond donors (Lipinski definition) is 1. The molecule has 0 unspecified atom stereocenters. The van der Waals surface area contributed by atoms with Crippen molar-refractivity contribution < 1.29 is 4.79 Å². The Morgan fingerprint density at radius 2 is 2.19 bits per heavy atom. The van der Waals surface area contributed by atoms with Crippen molar-refractivity contribution in [2.45, 2.75) is 0 Å². The lowest BCUT2D eigenvalue weighted by molar-refractivity contribution is 0.0791. The quantitative estimate of drug-likeness (QED) is 0.840. The number of aromatic nitrogens is 1. The van der Waals surface area contributed by atoms with Crippen molar-refractivity contribution in [3.05, 3.63) is 28.0 Å². The molecule has 0 spiro atoms. The third-order valence-electron chi connectivity index (χ3n) is 2.06. The highest BCUT2D eigenvalue weighted by Gasteiger charge is 2.16. The number of halogens is 2. The van der Waals surface area contributed by atoms with Gasteiger partial charge < -0.3 is 10.2 Å². The van der Waals surface area contributed by atoms with E-state index in [0.29, 0.717) is 18.1 Å². The summed E-state index contributed by atoms with van der Waals surface area (Å²) in [7, 11) is 3.52. The summed E-state index contributed by atoms with van der Waals surface area (Å²) in [6.45, 7) is 1.29. The second-order valence-corrected chi connectivity index (χ2v) is 4.09. The van der Waals surface area contributed by atoms with Gasteiger partial charge in [0.25, 0.3) is 5.91 Å². The normalized spacial score (nSPS) is 10.2. The van der Waals surface area contributed by atoms with Gasteiger partial charge in [-0.05, 0) is 19.2 Å². The molecule has 0 radical (unpaired) electrons. The lowest BCUT2D eigenvalue weighted by atomic mass is 10.3. The van der Waals surface area contributed by atoms with Gasteiger partial charge in [0.05, 0.1) is 5.02 Å². The molecule has 1 aromatic rings. The van der Waals surface area contributed by atoms with E-state index in [9.17, 15) is 4.79 Å². The van der Waals surface area contributed by atoms with Gasteiger partial charge in [0.1, 0.15) is 10.8 Å². The third kappa shape index (κ3) is 3.33. The number of hydrogen-bond acceptors (Lipinski definition) is 3. The van der Waals surface area contributed by atoms with Crippen LogP contribution in [0.25, 0.3) is 0 Å². The van der Waals surface area contributed by atoms with E-state index in [1.54, 1.807) is 24.1 Å². The largest absolute Gasteiger partial charge is 0.339 e. The van der Waals surface area contributed by atoms with Crippen molar-refractivity contribution in [1.29, 1.82) is 0 Å². The van der Waals surface area contributed by atoms with Crippen LogP contribution in [-0.4, -0.2) is 43.0 Å². The van der Waals surface area contributed by atoms with Crippen LogP contribution in [0.3, 0.4) is 0 Å². The zero-order chi connectivity index (χ0) is 12.1. The van der Waals surface area contributed by atoms with Crippen LogP contribution in [0.2, 0.25) is 10.2 Å². The highest BCUT2D eigenvalue weighted by molar-refractivity contribution is 6.34. The van der Waals surface area contributed by atoms with Gasteiger partial charge in [0.15, 0.2) is 0 Å². The van der Waals surface area contributed by atoms with Crippen LogP contribution in [0.4, 0.5) is 0 Å². The maximum Gasteiger partial charge on any atom is 0.273 e. The van der Waals surface area contributed by atoms with Crippen molar-refractivity contribution in [1.82, 2.24) is 15.2 Å². The number of carbonyl (C=O) groups excluding carboxylic acids is 1. The molecule has 1 aromatic heterocycles. The minimum Gasteiger partial charge on any atom is -0.339 e. The lowest BCUT2D eigenvalue weighted by Crippen LogP contribution is -2.33. The average Bonchev–Trinajstić information content (AvgIpc) is 2.28. The number of rotatable bonds is 4. The molecule has 0 saturated heterocycles. The van der Waals surface area contributed by atoms with Crippen LogP contribution >= 0.6 is 23.2 Å². The summed E-state index contributed by atoms with van der Waals surface area (Å²) in [6.07, 6.45) is 0. The summed E-state index contributed by atoms with van der Waals surface area (Å²) in [4.78, 5) is 17.4. The maximum absolute atomic E-state index is 11.9. The monoisotopic (exact) mass is 261 g/mol. The van der Waals surface area contributed by atoms with Crippen LogP contribution in [0.1, 0.15) is 10.5 Å². The van der Waals surface area contributed by atoms with Gasteiger partial charge in [-0.3, -0.25) is 4.79 Å². The Hall–Kier alpha value is -0.840. The smallest absolute Gasteiger partial charge is 0.273 e. The summed E-state index contributed by atoms with van der Waals surface area (Å²) in [5.74, 6) is -0.234. The Kier molecular flexibility index (Phi) is 4.99. The maximum atomic E-state index is 11.9.